The second-order valence-electron chi connectivity index (χ2n) is 8.24. The van der Waals surface area contributed by atoms with Crippen LogP contribution in [-0.2, 0) is 20.8 Å². The van der Waals surface area contributed by atoms with Crippen LogP contribution in [-0.4, -0.2) is 79.1 Å². The fourth-order valence-electron chi connectivity index (χ4n) is 4.06. The molecule has 12 heteroatoms. The second kappa shape index (κ2) is 10.2. The van der Waals surface area contributed by atoms with Crippen molar-refractivity contribution in [3.8, 4) is 0 Å². The number of aliphatic hydroxyl groups excluding tert-OH is 2. The van der Waals surface area contributed by atoms with Gasteiger partial charge < -0.3 is 35.1 Å². The standard InChI is InChI=1S/C22H26N6O5S/c29-17-15(10-32-22(34)23-8-13-4-2-1-3-5-13)33-21(18(17)30)28-12-26-16-19(24-11-25-20(16)28)27-14-6-7-31-9-14/h1-5,11-12,14-15,17-18,21,29-30H,6-10H2,(H,23,34)(H,24,25,27)/t14-,15?,17?,18?,21?/m1/s1. The summed E-state index contributed by atoms with van der Waals surface area (Å²) in [5.74, 6) is 0.585. The summed E-state index contributed by atoms with van der Waals surface area (Å²) < 4.78 is 18.5. The summed E-state index contributed by atoms with van der Waals surface area (Å²) in [6.45, 7) is 1.80. The molecule has 180 valence electrons. The molecule has 0 saturated carbocycles. The van der Waals surface area contributed by atoms with Gasteiger partial charge in [-0.15, -0.1) is 0 Å². The molecular weight excluding hydrogens is 460 g/mol. The lowest BCUT2D eigenvalue weighted by molar-refractivity contribution is -0.0491. The first-order valence-corrected chi connectivity index (χ1v) is 11.5. The zero-order valence-electron chi connectivity index (χ0n) is 18.3. The number of aliphatic hydroxyl groups is 2. The van der Waals surface area contributed by atoms with Gasteiger partial charge in [0.2, 0.25) is 0 Å². The number of anilines is 1. The average Bonchev–Trinajstić information content (AvgIpc) is 3.59. The lowest BCUT2D eigenvalue weighted by atomic mass is 10.1. The number of imidazole rings is 1. The number of rotatable bonds is 7. The number of fused-ring (bicyclic) bond motifs is 1. The fourth-order valence-corrected chi connectivity index (χ4v) is 4.20. The largest absolute Gasteiger partial charge is 0.468 e. The van der Waals surface area contributed by atoms with Crippen molar-refractivity contribution in [2.45, 2.75) is 43.5 Å². The molecule has 5 atom stereocenters. The molecule has 2 aromatic heterocycles. The Morgan fingerprint density at radius 3 is 2.82 bits per heavy atom. The van der Waals surface area contributed by atoms with Crippen LogP contribution in [0.5, 0.6) is 0 Å². The quantitative estimate of drug-likeness (QED) is 0.352. The van der Waals surface area contributed by atoms with Crippen molar-refractivity contribution in [1.82, 2.24) is 24.8 Å². The van der Waals surface area contributed by atoms with Crippen LogP contribution in [0.4, 0.5) is 5.82 Å². The van der Waals surface area contributed by atoms with Crippen molar-refractivity contribution in [3.05, 3.63) is 48.5 Å². The summed E-state index contributed by atoms with van der Waals surface area (Å²) >= 11 is 5.22. The van der Waals surface area contributed by atoms with Gasteiger partial charge in [0.05, 0.1) is 19.0 Å². The van der Waals surface area contributed by atoms with Crippen LogP contribution < -0.4 is 10.6 Å². The normalized spacial score (nSPS) is 26.6. The zero-order valence-corrected chi connectivity index (χ0v) is 19.1. The van der Waals surface area contributed by atoms with Gasteiger partial charge in [0.1, 0.15) is 31.2 Å². The van der Waals surface area contributed by atoms with Gasteiger partial charge in [0.25, 0.3) is 5.17 Å². The molecule has 11 nitrogen and oxygen atoms in total. The topological polar surface area (TPSA) is 136 Å². The Kier molecular flexibility index (Phi) is 6.83. The molecule has 2 saturated heterocycles. The van der Waals surface area contributed by atoms with E-state index < -0.39 is 24.5 Å². The van der Waals surface area contributed by atoms with Crippen LogP contribution in [0.25, 0.3) is 11.2 Å². The lowest BCUT2D eigenvalue weighted by Crippen LogP contribution is -2.35. The third-order valence-corrected chi connectivity index (χ3v) is 6.16. The van der Waals surface area contributed by atoms with E-state index in [0.29, 0.717) is 36.7 Å². The molecule has 3 aromatic rings. The Morgan fingerprint density at radius 1 is 1.18 bits per heavy atom. The number of hydrogen-bond acceptors (Lipinski definition) is 10. The number of aromatic nitrogens is 4. The Morgan fingerprint density at radius 2 is 2.03 bits per heavy atom. The Balaban J connectivity index is 1.22. The summed E-state index contributed by atoms with van der Waals surface area (Å²) in [6, 6.07) is 9.93. The number of benzene rings is 1. The third-order valence-electron chi connectivity index (χ3n) is 5.90. The predicted octanol–water partition coefficient (Wildman–Crippen LogP) is 0.738. The van der Waals surface area contributed by atoms with Gasteiger partial charge in [-0.1, -0.05) is 30.3 Å². The highest BCUT2D eigenvalue weighted by molar-refractivity contribution is 7.80. The van der Waals surface area contributed by atoms with Crippen LogP contribution in [0, 0.1) is 0 Å². The minimum Gasteiger partial charge on any atom is -0.468 e. The van der Waals surface area contributed by atoms with E-state index >= 15 is 0 Å². The van der Waals surface area contributed by atoms with Crippen molar-refractivity contribution in [1.29, 1.82) is 0 Å². The van der Waals surface area contributed by atoms with Gasteiger partial charge in [-0.05, 0) is 24.2 Å². The predicted molar refractivity (Wildman–Crippen MR) is 126 cm³/mol. The van der Waals surface area contributed by atoms with Crippen LogP contribution in [0.1, 0.15) is 18.2 Å². The smallest absolute Gasteiger partial charge is 0.256 e. The monoisotopic (exact) mass is 486 g/mol. The minimum atomic E-state index is -1.20. The lowest BCUT2D eigenvalue weighted by Gasteiger charge is -2.17. The highest BCUT2D eigenvalue weighted by Gasteiger charge is 2.45. The van der Waals surface area contributed by atoms with Crippen LogP contribution in [0.2, 0.25) is 0 Å². The van der Waals surface area contributed by atoms with Gasteiger partial charge in [0, 0.05) is 13.2 Å². The van der Waals surface area contributed by atoms with E-state index in [2.05, 4.69) is 25.6 Å². The number of nitrogens with zero attached hydrogens (tertiary/aromatic N) is 4. The molecule has 4 N–H and O–H groups in total. The summed E-state index contributed by atoms with van der Waals surface area (Å²) in [5.41, 5.74) is 2.09. The third kappa shape index (κ3) is 4.81. The van der Waals surface area contributed by atoms with Crippen molar-refractivity contribution in [3.63, 3.8) is 0 Å². The maximum absolute atomic E-state index is 10.7. The summed E-state index contributed by atoms with van der Waals surface area (Å²) in [7, 11) is 0. The molecule has 0 radical (unpaired) electrons. The van der Waals surface area contributed by atoms with Gasteiger partial charge in [-0.3, -0.25) is 4.57 Å². The Bertz CT molecular complexity index is 1130. The molecule has 0 amide bonds. The molecule has 4 heterocycles. The summed E-state index contributed by atoms with van der Waals surface area (Å²) in [5, 5.41) is 27.7. The zero-order chi connectivity index (χ0) is 23.5. The van der Waals surface area contributed by atoms with E-state index in [1.807, 2.05) is 30.3 Å². The highest BCUT2D eigenvalue weighted by Crippen LogP contribution is 2.32. The first kappa shape index (κ1) is 22.9. The van der Waals surface area contributed by atoms with Gasteiger partial charge in [0.15, 0.2) is 23.2 Å². The van der Waals surface area contributed by atoms with E-state index in [1.165, 1.54) is 12.7 Å². The van der Waals surface area contributed by atoms with E-state index in [4.69, 9.17) is 26.4 Å². The fraction of sp³-hybridized carbons (Fsp3) is 0.455. The molecule has 2 aliphatic rings. The summed E-state index contributed by atoms with van der Waals surface area (Å²) in [6.07, 6.45) is -0.228. The molecule has 0 spiro atoms. The van der Waals surface area contributed by atoms with Crippen molar-refractivity contribution < 1.29 is 24.4 Å². The maximum Gasteiger partial charge on any atom is 0.256 e. The molecular formula is C22H26N6O5S. The summed E-state index contributed by atoms with van der Waals surface area (Å²) in [4.78, 5) is 13.0. The number of thiocarbonyl (C=S) groups is 1. The molecule has 0 bridgehead atoms. The van der Waals surface area contributed by atoms with Crippen molar-refractivity contribution in [2.75, 3.05) is 25.1 Å². The Labute approximate surface area is 201 Å². The minimum absolute atomic E-state index is 0.0224. The molecule has 4 unspecified atom stereocenters. The number of hydrogen-bond donors (Lipinski definition) is 4. The molecule has 5 rings (SSSR count). The van der Waals surface area contributed by atoms with Crippen LogP contribution in [0.3, 0.4) is 0 Å². The maximum atomic E-state index is 10.7. The van der Waals surface area contributed by atoms with E-state index in [0.717, 1.165) is 12.0 Å². The first-order valence-electron chi connectivity index (χ1n) is 11.1. The van der Waals surface area contributed by atoms with Crippen molar-refractivity contribution >= 4 is 34.4 Å². The van der Waals surface area contributed by atoms with Crippen molar-refractivity contribution in [2.24, 2.45) is 0 Å². The van der Waals surface area contributed by atoms with Crippen LogP contribution in [0.15, 0.2) is 43.0 Å². The Hall–Kier alpha value is -2.90. The number of nitrogens with one attached hydrogen (secondary N) is 2. The second-order valence-corrected chi connectivity index (χ2v) is 8.61. The molecule has 2 aliphatic heterocycles. The van der Waals surface area contributed by atoms with Gasteiger partial charge in [-0.2, -0.15) is 0 Å². The van der Waals surface area contributed by atoms with Gasteiger partial charge in [-0.25, -0.2) is 15.0 Å². The molecule has 34 heavy (non-hydrogen) atoms. The van der Waals surface area contributed by atoms with Crippen LogP contribution >= 0.6 is 12.2 Å². The van der Waals surface area contributed by atoms with E-state index in [9.17, 15) is 10.2 Å². The SMILES string of the molecule is OC1C(COC(=S)NCc2ccccc2)OC(n2cnc3c(N[C@@H]4CCOC4)ncnc32)C1O. The number of ether oxygens (including phenoxy) is 3. The van der Waals surface area contributed by atoms with Gasteiger partial charge >= 0.3 is 0 Å². The molecule has 0 aliphatic carbocycles. The average molecular weight is 487 g/mol. The van der Waals surface area contributed by atoms with E-state index in [-0.39, 0.29) is 17.8 Å². The molecule has 1 aromatic carbocycles. The molecule has 2 fully saturated rings. The first-order chi connectivity index (χ1) is 16.6. The highest BCUT2D eigenvalue weighted by atomic mass is 32.1. The van der Waals surface area contributed by atoms with E-state index in [1.54, 1.807) is 4.57 Å².